The Labute approximate surface area is 87.7 Å². The highest BCUT2D eigenvalue weighted by Gasteiger charge is 2.24. The van der Waals surface area contributed by atoms with Crippen molar-refractivity contribution in [1.29, 1.82) is 0 Å². The highest BCUT2D eigenvalue weighted by atomic mass is 17.1. The summed E-state index contributed by atoms with van der Waals surface area (Å²) in [7, 11) is 0. The predicted octanol–water partition coefficient (Wildman–Crippen LogP) is 1.61. The van der Waals surface area contributed by atoms with E-state index in [4.69, 9.17) is 10.5 Å². The second kappa shape index (κ2) is 8.19. The van der Waals surface area contributed by atoms with Gasteiger partial charge >= 0.3 is 11.9 Å². The van der Waals surface area contributed by atoms with Crippen molar-refractivity contribution in [2.75, 3.05) is 0 Å². The molecule has 0 heterocycles. The quantitative estimate of drug-likeness (QED) is 0.384. The maximum absolute atomic E-state index is 11.0. The van der Waals surface area contributed by atoms with Gasteiger partial charge in [-0.3, -0.25) is 0 Å². The monoisotopic (exact) mass is 220 g/mol. The topological polar surface area (TPSA) is 93.1 Å². The maximum atomic E-state index is 11.0. The van der Waals surface area contributed by atoms with Crippen molar-refractivity contribution in [2.24, 2.45) is 5.92 Å². The van der Waals surface area contributed by atoms with Crippen LogP contribution in [0.3, 0.4) is 0 Å². The van der Waals surface area contributed by atoms with Crippen LogP contribution in [0.25, 0.3) is 0 Å². The van der Waals surface area contributed by atoms with Gasteiger partial charge in [-0.15, -0.1) is 0 Å². The van der Waals surface area contributed by atoms with Gasteiger partial charge in [0.25, 0.3) is 0 Å². The first-order valence-electron chi connectivity index (χ1n) is 4.85. The van der Waals surface area contributed by atoms with E-state index >= 15 is 0 Å². The lowest BCUT2D eigenvalue weighted by Gasteiger charge is -2.10. The average Bonchev–Trinajstić information content (AvgIpc) is 2.26. The van der Waals surface area contributed by atoms with E-state index in [1.807, 2.05) is 6.92 Å². The van der Waals surface area contributed by atoms with Gasteiger partial charge in [0, 0.05) is 0 Å². The molecule has 0 aliphatic heterocycles. The Bertz CT molecular complexity index is 203. The van der Waals surface area contributed by atoms with Crippen LogP contribution in [0.4, 0.5) is 0 Å². The average molecular weight is 220 g/mol. The molecular weight excluding hydrogens is 204 g/mol. The third-order valence-corrected chi connectivity index (χ3v) is 2.09. The fourth-order valence-corrected chi connectivity index (χ4v) is 1.26. The summed E-state index contributed by atoms with van der Waals surface area (Å²) in [6.07, 6.45) is 2.77. The molecule has 0 aromatic carbocycles. The highest BCUT2D eigenvalue weighted by molar-refractivity contribution is 5.79. The highest BCUT2D eigenvalue weighted by Crippen LogP contribution is 2.15. The zero-order valence-corrected chi connectivity index (χ0v) is 8.64. The largest absolute Gasteiger partial charge is 0.345 e. The lowest BCUT2D eigenvalue weighted by molar-refractivity contribution is -0.245. The summed E-state index contributed by atoms with van der Waals surface area (Å²) in [5.41, 5.74) is 0. The minimum Gasteiger partial charge on any atom is -0.301 e. The normalized spacial score (nSPS) is 11.9. The molecule has 0 saturated heterocycles. The second-order valence-electron chi connectivity index (χ2n) is 3.27. The third kappa shape index (κ3) is 6.03. The van der Waals surface area contributed by atoms with Gasteiger partial charge in [0.1, 0.15) is 0 Å². The number of carbonyl (C=O) groups is 2. The Balaban J connectivity index is 4.06. The predicted molar refractivity (Wildman–Crippen MR) is 49.7 cm³/mol. The molecule has 0 aliphatic carbocycles. The van der Waals surface area contributed by atoms with Crippen molar-refractivity contribution in [3.05, 3.63) is 0 Å². The van der Waals surface area contributed by atoms with Gasteiger partial charge < -0.3 is 9.78 Å². The van der Waals surface area contributed by atoms with Crippen LogP contribution >= 0.6 is 0 Å². The van der Waals surface area contributed by atoms with E-state index in [1.165, 1.54) is 0 Å². The van der Waals surface area contributed by atoms with Crippen LogP contribution in [0.5, 0.6) is 0 Å². The number of hydrogen-bond donors (Lipinski definition) is 2. The summed E-state index contributed by atoms with van der Waals surface area (Å²) >= 11 is 0. The molecule has 15 heavy (non-hydrogen) atoms. The molecule has 6 nitrogen and oxygen atoms in total. The summed E-state index contributed by atoms with van der Waals surface area (Å²) in [6.45, 7) is 2.00. The Hall–Kier alpha value is -1.14. The minimum absolute atomic E-state index is 0.292. The summed E-state index contributed by atoms with van der Waals surface area (Å²) in [4.78, 5) is 28.7. The van der Waals surface area contributed by atoms with E-state index in [0.717, 1.165) is 19.3 Å². The molecule has 0 fully saturated rings. The van der Waals surface area contributed by atoms with Gasteiger partial charge in [-0.1, -0.05) is 26.2 Å². The van der Waals surface area contributed by atoms with Crippen LogP contribution in [0.1, 0.15) is 39.0 Å². The van der Waals surface area contributed by atoms with Crippen LogP contribution in [-0.4, -0.2) is 22.5 Å². The van der Waals surface area contributed by atoms with Crippen molar-refractivity contribution in [2.45, 2.75) is 39.0 Å². The van der Waals surface area contributed by atoms with Crippen LogP contribution < -0.4 is 0 Å². The molecule has 0 aromatic heterocycles. The van der Waals surface area contributed by atoms with Crippen molar-refractivity contribution in [3.63, 3.8) is 0 Å². The van der Waals surface area contributed by atoms with E-state index in [-0.39, 0.29) is 6.42 Å². The molecule has 0 radical (unpaired) electrons. The van der Waals surface area contributed by atoms with Crippen molar-refractivity contribution >= 4 is 11.9 Å². The number of hydrogen-bond acceptors (Lipinski definition) is 6. The first-order chi connectivity index (χ1) is 7.15. The Morgan fingerprint density at radius 2 is 1.87 bits per heavy atom. The molecule has 1 atom stereocenters. The third-order valence-electron chi connectivity index (χ3n) is 2.09. The van der Waals surface area contributed by atoms with E-state index in [1.54, 1.807) is 0 Å². The van der Waals surface area contributed by atoms with Gasteiger partial charge in [-0.2, -0.15) is 10.5 Å². The van der Waals surface area contributed by atoms with Crippen LogP contribution in [0, 0.1) is 5.92 Å². The van der Waals surface area contributed by atoms with Gasteiger partial charge in [0.05, 0.1) is 12.3 Å². The number of unbranched alkanes of at least 4 members (excludes halogenated alkanes) is 2. The number of rotatable bonds is 7. The SMILES string of the molecule is CCCCCC(CC(=O)OO)C(=O)OO. The van der Waals surface area contributed by atoms with Gasteiger partial charge in [0.15, 0.2) is 0 Å². The first kappa shape index (κ1) is 13.9. The maximum Gasteiger partial charge on any atom is 0.345 e. The lowest BCUT2D eigenvalue weighted by Crippen LogP contribution is -2.20. The molecule has 2 N–H and O–H groups in total. The molecule has 0 aromatic rings. The first-order valence-corrected chi connectivity index (χ1v) is 4.85. The van der Waals surface area contributed by atoms with Crippen LogP contribution in [0.15, 0.2) is 0 Å². The zero-order chi connectivity index (χ0) is 11.7. The lowest BCUT2D eigenvalue weighted by atomic mass is 9.98. The molecule has 88 valence electrons. The number of carbonyl (C=O) groups excluding carboxylic acids is 2. The van der Waals surface area contributed by atoms with Crippen LogP contribution in [0.2, 0.25) is 0 Å². The smallest absolute Gasteiger partial charge is 0.301 e. The standard InChI is InChI=1S/C9H16O6/c1-2-3-4-5-7(9(11)15-13)6-8(10)14-12/h7,12-13H,2-6H2,1H3. The summed E-state index contributed by atoms with van der Waals surface area (Å²) in [5, 5.41) is 16.2. The molecule has 0 saturated carbocycles. The molecule has 1 unspecified atom stereocenters. The second-order valence-corrected chi connectivity index (χ2v) is 3.27. The van der Waals surface area contributed by atoms with Crippen molar-refractivity contribution in [3.8, 4) is 0 Å². The molecule has 0 aliphatic rings. The molecular formula is C9H16O6. The van der Waals surface area contributed by atoms with Crippen molar-refractivity contribution in [1.82, 2.24) is 0 Å². The van der Waals surface area contributed by atoms with Gasteiger partial charge in [-0.05, 0) is 6.42 Å². The van der Waals surface area contributed by atoms with Crippen LogP contribution in [-0.2, 0) is 19.4 Å². The van der Waals surface area contributed by atoms with Gasteiger partial charge in [-0.25, -0.2) is 9.59 Å². The zero-order valence-electron chi connectivity index (χ0n) is 8.64. The molecule has 0 amide bonds. The summed E-state index contributed by atoms with van der Waals surface area (Å²) < 4.78 is 0. The van der Waals surface area contributed by atoms with E-state index in [2.05, 4.69) is 9.78 Å². The summed E-state index contributed by atoms with van der Waals surface area (Å²) in [5.74, 6) is -2.56. The molecule has 6 heteroatoms. The minimum atomic E-state index is -0.915. The molecule has 0 bridgehead atoms. The Morgan fingerprint density at radius 1 is 1.20 bits per heavy atom. The molecule has 0 spiro atoms. The van der Waals surface area contributed by atoms with E-state index in [0.29, 0.717) is 6.42 Å². The van der Waals surface area contributed by atoms with Crippen molar-refractivity contribution < 1.29 is 29.9 Å². The molecule has 0 rings (SSSR count). The van der Waals surface area contributed by atoms with Gasteiger partial charge in [0.2, 0.25) is 0 Å². The van der Waals surface area contributed by atoms with E-state index < -0.39 is 17.9 Å². The Kier molecular flexibility index (Phi) is 7.57. The fourth-order valence-electron chi connectivity index (χ4n) is 1.26. The Morgan fingerprint density at radius 3 is 2.33 bits per heavy atom. The van der Waals surface area contributed by atoms with E-state index in [9.17, 15) is 9.59 Å². The summed E-state index contributed by atoms with van der Waals surface area (Å²) in [6, 6.07) is 0. The fraction of sp³-hybridized carbons (Fsp3) is 0.778.